The lowest BCUT2D eigenvalue weighted by atomic mass is 9.80. The number of morpholine rings is 1. The van der Waals surface area contributed by atoms with Gasteiger partial charge in [-0.2, -0.15) is 0 Å². The van der Waals surface area contributed by atoms with Crippen molar-refractivity contribution in [1.82, 2.24) is 5.32 Å². The van der Waals surface area contributed by atoms with Gasteiger partial charge in [-0.1, -0.05) is 0 Å². The second kappa shape index (κ2) is 13.1. The molecular weight excluding hydrogens is 563 g/mol. The van der Waals surface area contributed by atoms with E-state index in [4.69, 9.17) is 45.6 Å². The van der Waals surface area contributed by atoms with E-state index in [0.717, 1.165) is 0 Å². The van der Waals surface area contributed by atoms with Crippen molar-refractivity contribution in [2.75, 3.05) is 39.5 Å². The summed E-state index contributed by atoms with van der Waals surface area (Å²) in [6.07, 6.45) is -17.8. The lowest BCUT2D eigenvalue weighted by Gasteiger charge is -2.55. The number of halogens is 1. The first-order valence-electron chi connectivity index (χ1n) is 13.2. The molecule has 15 N–H and O–H groups in total. The van der Waals surface area contributed by atoms with Crippen LogP contribution in [0, 0.1) is 0 Å². The molecule has 4 aliphatic heterocycles. The van der Waals surface area contributed by atoms with Gasteiger partial charge in [0.05, 0.1) is 51.1 Å². The number of hydrogen-bond donors (Lipinski definition) is 12. The van der Waals surface area contributed by atoms with Crippen LogP contribution in [0.2, 0.25) is 0 Å². The van der Waals surface area contributed by atoms with Crippen LogP contribution in [0.4, 0.5) is 4.39 Å². The van der Waals surface area contributed by atoms with Crippen molar-refractivity contribution in [2.24, 2.45) is 17.2 Å². The van der Waals surface area contributed by atoms with E-state index in [0.29, 0.717) is 0 Å². The van der Waals surface area contributed by atoms with Crippen LogP contribution >= 0.6 is 0 Å². The Morgan fingerprint density at radius 1 is 0.805 bits per heavy atom. The maximum atomic E-state index is 16.0. The van der Waals surface area contributed by atoms with Crippen molar-refractivity contribution in [3.63, 3.8) is 0 Å². The van der Waals surface area contributed by atoms with Crippen LogP contribution in [-0.4, -0.2) is 178 Å². The Labute approximate surface area is 233 Å². The molecule has 0 amide bonds. The second-order valence-corrected chi connectivity index (χ2v) is 10.6. The van der Waals surface area contributed by atoms with Crippen molar-refractivity contribution in [2.45, 2.75) is 97.3 Å². The van der Waals surface area contributed by atoms with E-state index in [1.165, 1.54) is 0 Å². The highest BCUT2D eigenvalue weighted by Crippen LogP contribution is 2.42. The summed E-state index contributed by atoms with van der Waals surface area (Å²) in [5.41, 5.74) is 15.3. The minimum atomic E-state index is -2.84. The van der Waals surface area contributed by atoms with Gasteiger partial charge < -0.3 is 91.8 Å². The van der Waals surface area contributed by atoms with E-state index in [1.807, 2.05) is 0 Å². The number of nitrogens with one attached hydrogen (secondary N) is 1. The minimum Gasteiger partial charge on any atom is -0.394 e. The molecule has 0 saturated carbocycles. The molecule has 0 spiro atoms. The van der Waals surface area contributed by atoms with Crippen molar-refractivity contribution in [3.05, 3.63) is 0 Å². The first kappa shape index (κ1) is 33.1. The van der Waals surface area contributed by atoms with Crippen LogP contribution < -0.4 is 22.5 Å². The first-order chi connectivity index (χ1) is 19.4. The van der Waals surface area contributed by atoms with Crippen LogP contribution in [0.3, 0.4) is 0 Å². The summed E-state index contributed by atoms with van der Waals surface area (Å²) >= 11 is 0. The minimum absolute atomic E-state index is 0.151. The maximum absolute atomic E-state index is 16.0. The summed E-state index contributed by atoms with van der Waals surface area (Å²) in [5, 5.41) is 85.3. The van der Waals surface area contributed by atoms with E-state index in [1.54, 1.807) is 0 Å². The third-order valence-corrected chi connectivity index (χ3v) is 8.07. The van der Waals surface area contributed by atoms with E-state index in [-0.39, 0.29) is 13.2 Å². The quantitative estimate of drug-likeness (QED) is 0.122. The number of aliphatic hydroxyl groups excluding tert-OH is 8. The molecule has 18 nitrogen and oxygen atoms in total. The first-order valence-corrected chi connectivity index (χ1v) is 13.2. The van der Waals surface area contributed by atoms with E-state index in [9.17, 15) is 40.9 Å². The number of ether oxygens (including phenoxy) is 6. The third kappa shape index (κ3) is 5.87. The fraction of sp³-hybridized carbons (Fsp3) is 1.00. The van der Waals surface area contributed by atoms with Crippen molar-refractivity contribution in [1.29, 1.82) is 0 Å². The number of aliphatic hydroxyl groups is 8. The van der Waals surface area contributed by atoms with Crippen LogP contribution in [0.25, 0.3) is 0 Å². The molecule has 4 saturated heterocycles. The zero-order valence-electron chi connectivity index (χ0n) is 22.0. The van der Waals surface area contributed by atoms with Crippen molar-refractivity contribution in [3.8, 4) is 0 Å². The van der Waals surface area contributed by atoms with Gasteiger partial charge in [-0.15, -0.1) is 0 Å². The van der Waals surface area contributed by atoms with Gasteiger partial charge in [0.1, 0.15) is 48.8 Å². The molecule has 4 rings (SSSR count). The molecule has 0 aliphatic carbocycles. The summed E-state index contributed by atoms with van der Waals surface area (Å²) in [7, 11) is 0. The average Bonchev–Trinajstić information content (AvgIpc) is 2.97. The molecule has 3 unspecified atom stereocenters. The Hall–Kier alpha value is -0.790. The number of nitrogens with two attached hydrogens (primary N) is 3. The second-order valence-electron chi connectivity index (χ2n) is 10.6. The Bertz CT molecular complexity index is 861. The molecule has 4 heterocycles. The molecule has 41 heavy (non-hydrogen) atoms. The van der Waals surface area contributed by atoms with E-state index < -0.39 is 124 Å². The van der Waals surface area contributed by atoms with E-state index >= 15 is 4.39 Å². The predicted molar refractivity (Wildman–Crippen MR) is 129 cm³/mol. The third-order valence-electron chi connectivity index (χ3n) is 8.07. The van der Waals surface area contributed by atoms with Gasteiger partial charge in [0.2, 0.25) is 0 Å². The predicted octanol–water partition coefficient (Wildman–Crippen LogP) is -8.02. The Morgan fingerprint density at radius 3 is 1.93 bits per heavy atom. The molecule has 0 bridgehead atoms. The normalized spacial score (nSPS) is 53.3. The van der Waals surface area contributed by atoms with Crippen LogP contribution in [0.15, 0.2) is 0 Å². The molecule has 19 heteroatoms. The molecule has 0 aromatic heterocycles. The smallest absolute Gasteiger partial charge is 0.256 e. The van der Waals surface area contributed by atoms with Crippen molar-refractivity contribution < 1.29 is 73.7 Å². The SMILES string of the molecule is N[C@H]1[C@@H](OC2[C@@H](CO)O[C@@H](OC3[C@@H](CO)O[C@@H](O)[C@H](N)[C@H]3O)[C@H](N)[C@H]2O)O[C@@](CO)(C2(F)CNCCO2)[C@@H](O)[C@@H]1O. The maximum Gasteiger partial charge on any atom is 0.256 e. The van der Waals surface area contributed by atoms with Gasteiger partial charge in [-0.3, -0.25) is 0 Å². The largest absolute Gasteiger partial charge is 0.394 e. The molecule has 4 aliphatic rings. The average molecular weight is 605 g/mol. The van der Waals surface area contributed by atoms with Gasteiger partial charge >= 0.3 is 0 Å². The van der Waals surface area contributed by atoms with Gasteiger partial charge in [-0.05, 0) is 0 Å². The van der Waals surface area contributed by atoms with Gasteiger partial charge in [-0.25, -0.2) is 4.39 Å². The van der Waals surface area contributed by atoms with Crippen molar-refractivity contribution >= 4 is 0 Å². The molecule has 0 aromatic rings. The fourth-order valence-corrected chi connectivity index (χ4v) is 5.49. The van der Waals surface area contributed by atoms with Crippen LogP contribution in [-0.2, 0) is 28.4 Å². The fourth-order valence-electron chi connectivity index (χ4n) is 5.49. The summed E-state index contributed by atoms with van der Waals surface area (Å²) in [4.78, 5) is 0. The van der Waals surface area contributed by atoms with Gasteiger partial charge in [0.25, 0.3) is 5.85 Å². The van der Waals surface area contributed by atoms with Crippen LogP contribution in [0.5, 0.6) is 0 Å². The number of hydrogen-bond acceptors (Lipinski definition) is 18. The molecule has 0 radical (unpaired) electrons. The van der Waals surface area contributed by atoms with Crippen LogP contribution in [0.1, 0.15) is 0 Å². The summed E-state index contributed by atoms with van der Waals surface area (Å²) in [6.45, 7) is -3.08. The summed E-state index contributed by atoms with van der Waals surface area (Å²) < 4.78 is 49.1. The molecule has 16 atom stereocenters. The van der Waals surface area contributed by atoms with Gasteiger partial charge in [0.15, 0.2) is 24.5 Å². The molecule has 0 aromatic carbocycles. The molecular formula is C22H41FN4O14. The van der Waals surface area contributed by atoms with E-state index in [2.05, 4.69) is 5.32 Å². The zero-order chi connectivity index (χ0) is 30.3. The Balaban J connectivity index is 1.53. The number of alkyl halides is 1. The number of rotatable bonds is 8. The zero-order valence-corrected chi connectivity index (χ0v) is 22.0. The summed E-state index contributed by atoms with van der Waals surface area (Å²) in [5.74, 6) is -2.84. The lowest BCUT2D eigenvalue weighted by Crippen LogP contribution is -2.78. The highest BCUT2D eigenvalue weighted by molar-refractivity contribution is 5.11. The molecule has 4 fully saturated rings. The highest BCUT2D eigenvalue weighted by atomic mass is 19.2. The standard InChI is InChI=1S/C22H41FN4O14/c23-22(5-27-1-2-36-22)21(6-30)17(34)14(33)11(26)20(41-21)40-16-8(4-29)38-19(10(25)13(16)32)39-15-7(3-28)37-18(35)9(24)12(15)31/h7-20,27-35H,1-6,24-26H2/t7-,8-,9-,10-,11-,12-,13-,14-,15?,16?,17+,18-,19+,20+,21-,22?/m1/s1. The topological polar surface area (TPSA) is 307 Å². The Kier molecular flexibility index (Phi) is 10.5. The lowest BCUT2D eigenvalue weighted by molar-refractivity contribution is -0.402. The summed E-state index contributed by atoms with van der Waals surface area (Å²) in [6, 6.07) is -4.32. The Morgan fingerprint density at radius 2 is 1.37 bits per heavy atom. The monoisotopic (exact) mass is 604 g/mol. The molecule has 240 valence electrons. The highest BCUT2D eigenvalue weighted by Gasteiger charge is 2.67. The van der Waals surface area contributed by atoms with Gasteiger partial charge in [0, 0.05) is 6.54 Å².